The number of hydrogen-bond acceptors (Lipinski definition) is 3. The number of hydrogen-bond donors (Lipinski definition) is 1. The largest absolute Gasteiger partial charge is 0.481 e. The van der Waals surface area contributed by atoms with Gasteiger partial charge in [0.2, 0.25) is 0 Å². The first-order valence-electron chi connectivity index (χ1n) is 11.3. The van der Waals surface area contributed by atoms with Crippen molar-refractivity contribution in [3.63, 3.8) is 0 Å². The highest BCUT2D eigenvalue weighted by molar-refractivity contribution is 5.80. The number of likely N-dealkylation sites (tertiary alicyclic amines) is 1. The van der Waals surface area contributed by atoms with E-state index in [0.717, 1.165) is 23.4 Å². The number of carbonyl (C=O) groups is 1. The Morgan fingerprint density at radius 1 is 1.03 bits per heavy atom. The second kappa shape index (κ2) is 10.6. The Hall–Kier alpha value is -2.33. The Morgan fingerprint density at radius 2 is 1.73 bits per heavy atom. The van der Waals surface area contributed by atoms with Crippen LogP contribution in [0.2, 0.25) is 0 Å². The van der Waals surface area contributed by atoms with Crippen molar-refractivity contribution in [2.75, 3.05) is 13.1 Å². The van der Waals surface area contributed by atoms with Gasteiger partial charge < -0.3 is 10.1 Å². The monoisotopic (exact) mass is 408 g/mol. The predicted molar refractivity (Wildman–Crippen MR) is 123 cm³/mol. The van der Waals surface area contributed by atoms with E-state index in [-0.39, 0.29) is 5.91 Å². The molecule has 2 aromatic rings. The lowest BCUT2D eigenvalue weighted by molar-refractivity contribution is -0.127. The second-order valence-electron chi connectivity index (χ2n) is 8.78. The van der Waals surface area contributed by atoms with Crippen LogP contribution in [-0.4, -0.2) is 30.0 Å². The molecule has 1 fully saturated rings. The standard InChI is InChI=1S/C26H36N2O2/c1-19(2)24-13-12-20(3)16-25(24)30-21(4)26(29)27-17-22-10-6-7-11-23(22)18-28-14-8-5-9-15-28/h6-7,10-13,16,19,21H,5,8-9,14-15,17-18H2,1-4H3,(H,27,29)/t21-/m0/s1. The topological polar surface area (TPSA) is 41.6 Å². The molecule has 3 rings (SSSR count). The van der Waals surface area contributed by atoms with E-state index in [9.17, 15) is 4.79 Å². The van der Waals surface area contributed by atoms with Gasteiger partial charge in [-0.3, -0.25) is 9.69 Å². The molecule has 1 atom stereocenters. The van der Waals surface area contributed by atoms with Gasteiger partial charge in [-0.05, 0) is 74.0 Å². The maximum absolute atomic E-state index is 12.7. The van der Waals surface area contributed by atoms with Crippen LogP contribution in [0, 0.1) is 6.92 Å². The molecule has 162 valence electrons. The maximum Gasteiger partial charge on any atom is 0.261 e. The second-order valence-corrected chi connectivity index (χ2v) is 8.78. The molecule has 1 heterocycles. The molecule has 1 N–H and O–H groups in total. The summed E-state index contributed by atoms with van der Waals surface area (Å²) in [6.07, 6.45) is 3.36. The number of ether oxygens (including phenoxy) is 1. The van der Waals surface area contributed by atoms with Gasteiger partial charge in [-0.1, -0.05) is 56.7 Å². The number of nitrogens with zero attached hydrogens (tertiary/aromatic N) is 1. The minimum Gasteiger partial charge on any atom is -0.481 e. The molecule has 0 unspecified atom stereocenters. The molecule has 1 amide bonds. The zero-order valence-electron chi connectivity index (χ0n) is 18.9. The predicted octanol–water partition coefficient (Wildman–Crippen LogP) is 5.19. The molecule has 4 heteroatoms. The normalized spacial score (nSPS) is 15.8. The quantitative estimate of drug-likeness (QED) is 0.654. The Balaban J connectivity index is 1.60. The van der Waals surface area contributed by atoms with Crippen molar-refractivity contribution in [1.29, 1.82) is 0 Å². The van der Waals surface area contributed by atoms with E-state index < -0.39 is 6.10 Å². The third-order valence-electron chi connectivity index (χ3n) is 5.88. The first-order chi connectivity index (χ1) is 14.4. The lowest BCUT2D eigenvalue weighted by Gasteiger charge is -2.27. The van der Waals surface area contributed by atoms with Crippen molar-refractivity contribution in [2.45, 2.75) is 72.1 Å². The van der Waals surface area contributed by atoms with E-state index in [4.69, 9.17) is 4.74 Å². The molecule has 2 aromatic carbocycles. The van der Waals surface area contributed by atoms with Gasteiger partial charge in [-0.2, -0.15) is 0 Å². The highest BCUT2D eigenvalue weighted by Gasteiger charge is 2.18. The van der Waals surface area contributed by atoms with E-state index >= 15 is 0 Å². The molecule has 4 nitrogen and oxygen atoms in total. The molecular formula is C26H36N2O2. The van der Waals surface area contributed by atoms with Crippen molar-refractivity contribution in [2.24, 2.45) is 0 Å². The van der Waals surface area contributed by atoms with Gasteiger partial charge in [0.05, 0.1) is 0 Å². The zero-order valence-corrected chi connectivity index (χ0v) is 18.9. The molecule has 0 aliphatic carbocycles. The average molecular weight is 409 g/mol. The summed E-state index contributed by atoms with van der Waals surface area (Å²) in [5.74, 6) is 1.06. The Morgan fingerprint density at radius 3 is 2.43 bits per heavy atom. The number of piperidine rings is 1. The average Bonchev–Trinajstić information content (AvgIpc) is 2.73. The Bertz CT molecular complexity index is 841. The fraction of sp³-hybridized carbons (Fsp3) is 0.500. The summed E-state index contributed by atoms with van der Waals surface area (Å²) >= 11 is 0. The highest BCUT2D eigenvalue weighted by Crippen LogP contribution is 2.28. The van der Waals surface area contributed by atoms with Crippen molar-refractivity contribution >= 4 is 5.91 Å². The minimum absolute atomic E-state index is 0.0843. The fourth-order valence-corrected chi connectivity index (χ4v) is 4.03. The molecule has 0 spiro atoms. The van der Waals surface area contributed by atoms with E-state index in [1.54, 1.807) is 0 Å². The maximum atomic E-state index is 12.7. The van der Waals surface area contributed by atoms with E-state index in [1.165, 1.54) is 43.5 Å². The number of amides is 1. The van der Waals surface area contributed by atoms with Gasteiger partial charge >= 0.3 is 0 Å². The summed E-state index contributed by atoms with van der Waals surface area (Å²) in [6.45, 7) is 12.0. The van der Waals surface area contributed by atoms with Crippen molar-refractivity contribution in [3.8, 4) is 5.75 Å². The summed E-state index contributed by atoms with van der Waals surface area (Å²) < 4.78 is 6.07. The number of carbonyl (C=O) groups excluding carboxylic acids is 1. The third kappa shape index (κ3) is 6.09. The van der Waals surface area contributed by atoms with Crippen molar-refractivity contribution in [3.05, 3.63) is 64.7 Å². The third-order valence-corrected chi connectivity index (χ3v) is 5.88. The molecule has 0 saturated carbocycles. The van der Waals surface area contributed by atoms with Gasteiger partial charge in [0.1, 0.15) is 5.75 Å². The van der Waals surface area contributed by atoms with Crippen LogP contribution in [0.3, 0.4) is 0 Å². The van der Waals surface area contributed by atoms with Crippen LogP contribution in [-0.2, 0) is 17.9 Å². The van der Waals surface area contributed by atoms with Crippen LogP contribution >= 0.6 is 0 Å². The number of aryl methyl sites for hydroxylation is 1. The zero-order chi connectivity index (χ0) is 21.5. The van der Waals surface area contributed by atoms with E-state index in [1.807, 2.05) is 26.0 Å². The van der Waals surface area contributed by atoms with E-state index in [2.05, 4.69) is 54.4 Å². The number of benzene rings is 2. The highest BCUT2D eigenvalue weighted by atomic mass is 16.5. The number of rotatable bonds is 8. The Labute approximate surface area is 181 Å². The van der Waals surface area contributed by atoms with Crippen LogP contribution in [0.25, 0.3) is 0 Å². The molecule has 0 radical (unpaired) electrons. The smallest absolute Gasteiger partial charge is 0.261 e. The van der Waals surface area contributed by atoms with Gasteiger partial charge in [-0.25, -0.2) is 0 Å². The lowest BCUT2D eigenvalue weighted by Crippen LogP contribution is -2.36. The fourth-order valence-electron chi connectivity index (χ4n) is 4.03. The van der Waals surface area contributed by atoms with Gasteiger partial charge in [-0.15, -0.1) is 0 Å². The van der Waals surface area contributed by atoms with Gasteiger partial charge in [0, 0.05) is 13.1 Å². The Kier molecular flexibility index (Phi) is 7.92. The van der Waals surface area contributed by atoms with Crippen molar-refractivity contribution in [1.82, 2.24) is 10.2 Å². The van der Waals surface area contributed by atoms with Crippen LogP contribution in [0.5, 0.6) is 5.75 Å². The summed E-state index contributed by atoms with van der Waals surface area (Å²) in [6, 6.07) is 14.6. The summed E-state index contributed by atoms with van der Waals surface area (Å²) in [4.78, 5) is 15.3. The SMILES string of the molecule is Cc1ccc(C(C)C)c(O[C@@H](C)C(=O)NCc2ccccc2CN2CCCCC2)c1. The van der Waals surface area contributed by atoms with Crippen LogP contribution in [0.1, 0.15) is 68.2 Å². The molecular weight excluding hydrogens is 372 g/mol. The first-order valence-corrected chi connectivity index (χ1v) is 11.3. The van der Waals surface area contributed by atoms with Gasteiger partial charge in [0.25, 0.3) is 5.91 Å². The first kappa shape index (κ1) is 22.4. The summed E-state index contributed by atoms with van der Waals surface area (Å²) in [5.41, 5.74) is 4.75. The van der Waals surface area contributed by atoms with Gasteiger partial charge in [0.15, 0.2) is 6.10 Å². The van der Waals surface area contributed by atoms with Crippen LogP contribution < -0.4 is 10.1 Å². The minimum atomic E-state index is -0.543. The molecule has 30 heavy (non-hydrogen) atoms. The van der Waals surface area contributed by atoms with Crippen LogP contribution in [0.15, 0.2) is 42.5 Å². The molecule has 0 aromatic heterocycles. The summed E-state index contributed by atoms with van der Waals surface area (Å²) in [7, 11) is 0. The summed E-state index contributed by atoms with van der Waals surface area (Å²) in [5, 5.41) is 3.08. The number of nitrogens with one attached hydrogen (secondary N) is 1. The van der Waals surface area contributed by atoms with Crippen LogP contribution in [0.4, 0.5) is 0 Å². The molecule has 1 aliphatic heterocycles. The molecule has 1 saturated heterocycles. The molecule has 1 aliphatic rings. The molecule has 0 bridgehead atoms. The van der Waals surface area contributed by atoms with Crippen molar-refractivity contribution < 1.29 is 9.53 Å². The lowest BCUT2D eigenvalue weighted by atomic mass is 10.0. The van der Waals surface area contributed by atoms with E-state index in [0.29, 0.717) is 12.5 Å².